The van der Waals surface area contributed by atoms with E-state index in [-0.39, 0.29) is 40.7 Å². The molecule has 0 spiro atoms. The van der Waals surface area contributed by atoms with Gasteiger partial charge in [-0.3, -0.25) is 0 Å². The third kappa shape index (κ3) is 4.45. The van der Waals surface area contributed by atoms with E-state index in [1.807, 2.05) is 13.8 Å². The number of hydrogen-bond acceptors (Lipinski definition) is 6. The number of aromatic hydroxyl groups is 4. The quantitative estimate of drug-likeness (QED) is 0.523. The maximum atomic E-state index is 11.3. The third-order valence-electron chi connectivity index (χ3n) is 4.66. The topological polar surface area (TPSA) is 107 Å². The van der Waals surface area contributed by atoms with Gasteiger partial charge in [-0.25, -0.2) is 0 Å². The Morgan fingerprint density at radius 2 is 1.74 bits per heavy atom. The van der Waals surface area contributed by atoms with Crippen molar-refractivity contribution in [1.82, 2.24) is 0 Å². The molecule has 0 heterocycles. The highest BCUT2D eigenvalue weighted by Gasteiger charge is 2.26. The minimum absolute atomic E-state index is 0.00342. The predicted molar refractivity (Wildman–Crippen MR) is 102 cm³/mol. The summed E-state index contributed by atoms with van der Waals surface area (Å²) in [4.78, 5) is 11.3. The molecule has 2 aromatic rings. The predicted octanol–water partition coefficient (Wildman–Crippen LogP) is 3.83. The van der Waals surface area contributed by atoms with Crippen molar-refractivity contribution in [3.05, 3.63) is 41.0 Å². The zero-order chi connectivity index (χ0) is 20.1. The van der Waals surface area contributed by atoms with Crippen LogP contribution in [0, 0.1) is 5.92 Å². The second kappa shape index (κ2) is 8.66. The van der Waals surface area contributed by atoms with Gasteiger partial charge < -0.3 is 30.0 Å². The van der Waals surface area contributed by atoms with E-state index in [4.69, 9.17) is 4.74 Å². The highest BCUT2D eigenvalue weighted by molar-refractivity contribution is 5.63. The number of methoxy groups -OCH3 is 1. The van der Waals surface area contributed by atoms with Crippen LogP contribution in [0.3, 0.4) is 0 Å². The van der Waals surface area contributed by atoms with Gasteiger partial charge in [0.15, 0.2) is 11.5 Å². The molecule has 4 N–H and O–H groups in total. The number of benzene rings is 2. The molecular weight excluding hydrogens is 348 g/mol. The normalized spacial score (nSPS) is 12.1. The second-order valence-electron chi connectivity index (χ2n) is 6.97. The van der Waals surface area contributed by atoms with E-state index in [1.54, 1.807) is 12.1 Å². The van der Waals surface area contributed by atoms with E-state index in [0.29, 0.717) is 29.8 Å². The number of rotatable bonds is 8. The fourth-order valence-corrected chi connectivity index (χ4v) is 3.15. The molecule has 0 radical (unpaired) electrons. The van der Waals surface area contributed by atoms with Gasteiger partial charge in [-0.05, 0) is 36.5 Å². The summed E-state index contributed by atoms with van der Waals surface area (Å²) in [6.07, 6.45) is 1.89. The van der Waals surface area contributed by atoms with Gasteiger partial charge in [0.25, 0.3) is 0 Å². The molecule has 6 heteroatoms. The molecule has 1 unspecified atom stereocenters. The second-order valence-corrected chi connectivity index (χ2v) is 6.97. The van der Waals surface area contributed by atoms with Crippen molar-refractivity contribution >= 4 is 6.29 Å². The summed E-state index contributed by atoms with van der Waals surface area (Å²) in [5.41, 5.74) is 1.10. The fraction of sp³-hybridized carbons (Fsp3) is 0.381. The highest BCUT2D eigenvalue weighted by Crippen LogP contribution is 2.46. The number of phenolic OH excluding ortho intramolecular Hbond substituents is 4. The lowest BCUT2D eigenvalue weighted by atomic mass is 9.85. The maximum Gasteiger partial charge on any atom is 0.160 e. The van der Waals surface area contributed by atoms with Crippen molar-refractivity contribution in [2.24, 2.45) is 5.92 Å². The van der Waals surface area contributed by atoms with Crippen LogP contribution in [0.5, 0.6) is 28.7 Å². The first-order chi connectivity index (χ1) is 12.8. The molecule has 6 nitrogen and oxygen atoms in total. The maximum absolute atomic E-state index is 11.3. The van der Waals surface area contributed by atoms with E-state index in [0.717, 1.165) is 6.42 Å². The SMILES string of the molecule is COc1cc(C(CC=O)c2c(O)cc(O)c(CCC(C)C)c2O)ccc1O. The highest BCUT2D eigenvalue weighted by atomic mass is 16.5. The summed E-state index contributed by atoms with van der Waals surface area (Å²) in [7, 11) is 1.41. The smallest absolute Gasteiger partial charge is 0.160 e. The number of aldehydes is 1. The van der Waals surface area contributed by atoms with Crippen LogP contribution in [0.2, 0.25) is 0 Å². The average molecular weight is 374 g/mol. The molecule has 0 aliphatic carbocycles. The van der Waals surface area contributed by atoms with Gasteiger partial charge in [-0.15, -0.1) is 0 Å². The molecule has 0 aromatic heterocycles. The molecule has 0 aliphatic heterocycles. The Labute approximate surface area is 158 Å². The number of ether oxygens (including phenoxy) is 1. The Morgan fingerprint density at radius 3 is 2.33 bits per heavy atom. The van der Waals surface area contributed by atoms with Gasteiger partial charge >= 0.3 is 0 Å². The Morgan fingerprint density at radius 1 is 1.04 bits per heavy atom. The van der Waals surface area contributed by atoms with Crippen molar-refractivity contribution in [2.75, 3.05) is 7.11 Å². The van der Waals surface area contributed by atoms with Crippen LogP contribution >= 0.6 is 0 Å². The van der Waals surface area contributed by atoms with Gasteiger partial charge in [0.2, 0.25) is 0 Å². The van der Waals surface area contributed by atoms with E-state index < -0.39 is 5.92 Å². The Kier molecular flexibility index (Phi) is 6.55. The van der Waals surface area contributed by atoms with Crippen molar-refractivity contribution in [1.29, 1.82) is 0 Å². The van der Waals surface area contributed by atoms with Gasteiger partial charge in [0, 0.05) is 29.5 Å². The molecule has 146 valence electrons. The van der Waals surface area contributed by atoms with Crippen LogP contribution < -0.4 is 4.74 Å². The first-order valence-electron chi connectivity index (χ1n) is 8.87. The molecule has 2 rings (SSSR count). The van der Waals surface area contributed by atoms with Crippen LogP contribution in [0.25, 0.3) is 0 Å². The molecule has 0 bridgehead atoms. The number of carbonyl (C=O) groups excluding carboxylic acids is 1. The van der Waals surface area contributed by atoms with Crippen LogP contribution in [0.1, 0.15) is 49.3 Å². The lowest BCUT2D eigenvalue weighted by molar-refractivity contribution is -0.108. The van der Waals surface area contributed by atoms with Crippen molar-refractivity contribution < 1.29 is 30.0 Å². The summed E-state index contributed by atoms with van der Waals surface area (Å²) >= 11 is 0. The summed E-state index contributed by atoms with van der Waals surface area (Å²) in [6, 6.07) is 5.79. The van der Waals surface area contributed by atoms with Crippen molar-refractivity contribution in [2.45, 2.75) is 39.0 Å². The Hall–Kier alpha value is -2.89. The molecule has 0 saturated carbocycles. The average Bonchev–Trinajstić information content (AvgIpc) is 2.60. The zero-order valence-corrected chi connectivity index (χ0v) is 15.8. The number of carbonyl (C=O) groups is 1. The molecule has 0 fully saturated rings. The summed E-state index contributed by atoms with van der Waals surface area (Å²) in [5, 5.41) is 41.2. The van der Waals surface area contributed by atoms with Gasteiger partial charge in [-0.2, -0.15) is 0 Å². The third-order valence-corrected chi connectivity index (χ3v) is 4.66. The van der Waals surface area contributed by atoms with E-state index in [2.05, 4.69) is 0 Å². The van der Waals surface area contributed by atoms with Gasteiger partial charge in [-0.1, -0.05) is 19.9 Å². The lowest BCUT2D eigenvalue weighted by Crippen LogP contribution is -2.05. The van der Waals surface area contributed by atoms with Crippen LogP contribution in [0.4, 0.5) is 0 Å². The minimum Gasteiger partial charge on any atom is -0.507 e. The summed E-state index contributed by atoms with van der Waals surface area (Å²) in [5.74, 6) is -0.806. The largest absolute Gasteiger partial charge is 0.507 e. The molecule has 27 heavy (non-hydrogen) atoms. The minimum atomic E-state index is -0.657. The summed E-state index contributed by atoms with van der Waals surface area (Å²) in [6.45, 7) is 4.07. The molecular formula is C21H26O6. The first-order valence-corrected chi connectivity index (χ1v) is 8.87. The van der Waals surface area contributed by atoms with Gasteiger partial charge in [0.1, 0.15) is 23.5 Å². The number of hydrogen-bond donors (Lipinski definition) is 4. The van der Waals surface area contributed by atoms with E-state index >= 15 is 0 Å². The molecule has 0 aliphatic rings. The van der Waals surface area contributed by atoms with E-state index in [9.17, 15) is 25.2 Å². The standard InChI is InChI=1S/C21H26O6/c1-12(2)4-6-15-17(24)11-18(25)20(21(15)26)14(8-9-22)13-5-7-16(23)19(10-13)27-3/h5,7,9-12,14,23-26H,4,6,8H2,1-3H3. The monoisotopic (exact) mass is 374 g/mol. The Bertz CT molecular complexity index is 813. The lowest BCUT2D eigenvalue weighted by Gasteiger charge is -2.21. The molecule has 1 atom stereocenters. The molecule has 2 aromatic carbocycles. The molecule has 0 saturated heterocycles. The van der Waals surface area contributed by atoms with Crippen molar-refractivity contribution in [3.63, 3.8) is 0 Å². The number of phenols is 4. The fourth-order valence-electron chi connectivity index (χ4n) is 3.15. The van der Waals surface area contributed by atoms with Crippen LogP contribution in [-0.4, -0.2) is 33.8 Å². The summed E-state index contributed by atoms with van der Waals surface area (Å²) < 4.78 is 5.11. The molecule has 0 amide bonds. The zero-order valence-electron chi connectivity index (χ0n) is 15.8. The first kappa shape index (κ1) is 20.4. The van der Waals surface area contributed by atoms with Crippen LogP contribution in [-0.2, 0) is 11.2 Å². The van der Waals surface area contributed by atoms with Gasteiger partial charge in [0.05, 0.1) is 7.11 Å². The Balaban J connectivity index is 2.59. The van der Waals surface area contributed by atoms with Crippen LogP contribution in [0.15, 0.2) is 24.3 Å². The van der Waals surface area contributed by atoms with Crippen molar-refractivity contribution in [3.8, 4) is 28.7 Å². The van der Waals surface area contributed by atoms with E-state index in [1.165, 1.54) is 19.2 Å².